The van der Waals surface area contributed by atoms with E-state index >= 15 is 0 Å². The van der Waals surface area contributed by atoms with Gasteiger partial charge in [-0.15, -0.1) is 6.58 Å². The summed E-state index contributed by atoms with van der Waals surface area (Å²) in [6, 6.07) is 6.60. The van der Waals surface area contributed by atoms with Crippen LogP contribution in [0.15, 0.2) is 60.8 Å². The minimum absolute atomic E-state index is 0.0503. The second-order valence-electron chi connectivity index (χ2n) is 15.1. The van der Waals surface area contributed by atoms with Crippen LogP contribution in [0.2, 0.25) is 0 Å². The van der Waals surface area contributed by atoms with Gasteiger partial charge in [0.15, 0.2) is 5.78 Å². The SMILES string of the molecule is C=C[C@@H]1C[C@]1(NC(=O)[C@@H]1C[C@@H](Oc2nccc3ccccc23)CN1C(=O)[C@H](CCC(=O)C=C(C)C)N(C(=O)O)C(C)(C)C)C(=O)NS(=O)(=O)C1CC1. The fourth-order valence-electron chi connectivity index (χ4n) is 6.85. The normalized spacial score (nSPS) is 23.2. The van der Waals surface area contributed by atoms with Crippen molar-refractivity contribution in [2.24, 2.45) is 5.92 Å². The number of rotatable bonds is 14. The lowest BCUT2D eigenvalue weighted by Gasteiger charge is -2.41. The van der Waals surface area contributed by atoms with Gasteiger partial charge in [0.2, 0.25) is 27.7 Å². The lowest BCUT2D eigenvalue weighted by atomic mass is 9.98. The van der Waals surface area contributed by atoms with Crippen molar-refractivity contribution in [1.29, 1.82) is 0 Å². The number of pyridine rings is 1. The smallest absolute Gasteiger partial charge is 0.408 e. The second kappa shape index (κ2) is 14.7. The van der Waals surface area contributed by atoms with Crippen LogP contribution in [0.1, 0.15) is 73.1 Å². The van der Waals surface area contributed by atoms with E-state index in [1.807, 2.05) is 30.3 Å². The number of benzene rings is 1. The Hall–Kier alpha value is -4.79. The van der Waals surface area contributed by atoms with Gasteiger partial charge in [0.25, 0.3) is 5.91 Å². The number of hydrogen-bond acceptors (Lipinski definition) is 9. The molecule has 0 bridgehead atoms. The van der Waals surface area contributed by atoms with Crippen molar-refractivity contribution in [2.75, 3.05) is 6.54 Å². The van der Waals surface area contributed by atoms with Crippen LogP contribution in [-0.2, 0) is 29.2 Å². The van der Waals surface area contributed by atoms with E-state index in [2.05, 4.69) is 21.6 Å². The lowest BCUT2D eigenvalue weighted by molar-refractivity contribution is -0.144. The fourth-order valence-corrected chi connectivity index (χ4v) is 8.22. The number of ketones is 1. The van der Waals surface area contributed by atoms with Gasteiger partial charge in [-0.25, -0.2) is 18.2 Å². The fraction of sp³-hybridized carbons (Fsp3) is 0.514. The van der Waals surface area contributed by atoms with Crippen molar-refractivity contribution in [3.05, 3.63) is 60.8 Å². The number of carbonyl (C=O) groups excluding carboxylic acids is 4. The number of ether oxygens (including phenoxy) is 1. The summed E-state index contributed by atoms with van der Waals surface area (Å²) in [6.45, 7) is 12.0. The summed E-state index contributed by atoms with van der Waals surface area (Å²) in [7, 11) is -3.93. The van der Waals surface area contributed by atoms with Crippen molar-refractivity contribution in [2.45, 2.75) is 108 Å². The third-order valence-corrected chi connectivity index (χ3v) is 11.5. The number of carboxylic acid groups (broad SMARTS) is 1. The average molecular weight is 738 g/mol. The molecule has 2 aliphatic carbocycles. The molecule has 0 unspecified atom stereocenters. The molecule has 0 spiro atoms. The zero-order valence-electron chi connectivity index (χ0n) is 30.1. The van der Waals surface area contributed by atoms with Gasteiger partial charge >= 0.3 is 6.09 Å². The molecule has 1 aliphatic heterocycles. The summed E-state index contributed by atoms with van der Waals surface area (Å²) < 4.78 is 33.8. The number of hydrogen-bond donors (Lipinski definition) is 3. The monoisotopic (exact) mass is 737 g/mol. The molecular weight excluding hydrogens is 691 g/mol. The highest BCUT2D eigenvalue weighted by Gasteiger charge is 2.62. The predicted molar refractivity (Wildman–Crippen MR) is 193 cm³/mol. The molecule has 15 heteroatoms. The summed E-state index contributed by atoms with van der Waals surface area (Å²) in [5.41, 5.74) is -1.94. The topological polar surface area (TPSA) is 192 Å². The van der Waals surface area contributed by atoms with Crippen LogP contribution >= 0.6 is 0 Å². The molecule has 280 valence electrons. The van der Waals surface area contributed by atoms with Crippen LogP contribution in [-0.4, -0.2) is 99.0 Å². The van der Waals surface area contributed by atoms with Crippen molar-refractivity contribution >= 4 is 50.4 Å². The maximum Gasteiger partial charge on any atom is 0.408 e. The Morgan fingerprint density at radius 2 is 1.85 bits per heavy atom. The zero-order chi connectivity index (χ0) is 38.2. The molecule has 3 aliphatic rings. The third-order valence-electron chi connectivity index (χ3n) is 9.65. The van der Waals surface area contributed by atoms with Crippen LogP contribution in [0, 0.1) is 5.92 Å². The molecule has 1 aromatic carbocycles. The highest BCUT2D eigenvalue weighted by Crippen LogP contribution is 2.45. The van der Waals surface area contributed by atoms with Gasteiger partial charge in [0.05, 0.1) is 11.8 Å². The van der Waals surface area contributed by atoms with E-state index in [0.29, 0.717) is 18.2 Å². The zero-order valence-corrected chi connectivity index (χ0v) is 30.9. The van der Waals surface area contributed by atoms with Gasteiger partial charge in [-0.3, -0.25) is 28.8 Å². The summed E-state index contributed by atoms with van der Waals surface area (Å²) in [4.78, 5) is 74.5. The number of carbonyl (C=O) groups is 5. The summed E-state index contributed by atoms with van der Waals surface area (Å²) >= 11 is 0. The molecule has 4 amide bonds. The molecule has 3 N–H and O–H groups in total. The first-order chi connectivity index (χ1) is 24.4. The highest BCUT2D eigenvalue weighted by atomic mass is 32.2. The molecule has 5 rings (SSSR count). The number of nitrogens with zero attached hydrogens (tertiary/aromatic N) is 3. The summed E-state index contributed by atoms with van der Waals surface area (Å²) in [5.74, 6) is -2.93. The van der Waals surface area contributed by atoms with E-state index in [1.165, 1.54) is 17.1 Å². The van der Waals surface area contributed by atoms with Gasteiger partial charge in [-0.05, 0) is 83.9 Å². The Bertz CT molecular complexity index is 1910. The van der Waals surface area contributed by atoms with Gasteiger partial charge in [-0.2, -0.15) is 0 Å². The second-order valence-corrected chi connectivity index (χ2v) is 17.0. The Morgan fingerprint density at radius 1 is 1.15 bits per heavy atom. The van der Waals surface area contributed by atoms with Crippen LogP contribution < -0.4 is 14.8 Å². The molecular formula is C37H47N5O9S. The van der Waals surface area contributed by atoms with Gasteiger partial charge < -0.3 is 20.1 Å². The predicted octanol–water partition coefficient (Wildman–Crippen LogP) is 3.72. The van der Waals surface area contributed by atoms with E-state index in [0.717, 1.165) is 15.9 Å². The molecule has 5 atom stereocenters. The highest BCUT2D eigenvalue weighted by molar-refractivity contribution is 7.91. The molecule has 3 fully saturated rings. The first-order valence-corrected chi connectivity index (χ1v) is 18.9. The number of aromatic nitrogens is 1. The van der Waals surface area contributed by atoms with E-state index in [1.54, 1.807) is 40.8 Å². The van der Waals surface area contributed by atoms with E-state index in [9.17, 15) is 37.5 Å². The largest absolute Gasteiger partial charge is 0.472 e. The standard InChI is InChI=1S/C37H47N5O9S/c1-7-24-20-37(24,34(46)40-52(49,50)27-13-14-27)39-31(44)30-19-26(51-32-28-11-9-8-10-23(28)16-17-38-32)21-41(30)33(45)29(15-12-25(43)18-22(2)3)42(35(47)48)36(4,5)6/h7-11,16-18,24,26-27,29-30H,1,12-15,19-21H2,2-6H3,(H,39,44)(H,40,46)(H,47,48)/t24-,26-,29+,30+,37-/m1/s1. The molecule has 2 aromatic rings. The summed E-state index contributed by atoms with van der Waals surface area (Å²) in [6.07, 6.45) is 2.93. The summed E-state index contributed by atoms with van der Waals surface area (Å²) in [5, 5.41) is 14.0. The quantitative estimate of drug-likeness (QED) is 0.190. The van der Waals surface area contributed by atoms with Crippen LogP contribution in [0.5, 0.6) is 5.88 Å². The molecule has 1 saturated heterocycles. The molecule has 0 radical (unpaired) electrons. The number of likely N-dealkylation sites (tertiary alicyclic amines) is 1. The maximum atomic E-state index is 14.7. The van der Waals surface area contributed by atoms with Gasteiger partial charge in [0.1, 0.15) is 23.7 Å². The van der Waals surface area contributed by atoms with Crippen molar-refractivity contribution < 1.29 is 42.2 Å². The minimum atomic E-state index is -3.93. The molecule has 2 heterocycles. The lowest BCUT2D eigenvalue weighted by Crippen LogP contribution is -2.61. The van der Waals surface area contributed by atoms with E-state index in [4.69, 9.17) is 4.74 Å². The van der Waals surface area contributed by atoms with Crippen LogP contribution in [0.3, 0.4) is 0 Å². The number of allylic oxidation sites excluding steroid dienone is 2. The Balaban J connectivity index is 1.49. The Labute approximate surface area is 303 Å². The number of sulfonamides is 1. The van der Waals surface area contributed by atoms with Crippen molar-refractivity contribution in [1.82, 2.24) is 24.8 Å². The van der Waals surface area contributed by atoms with E-state index in [-0.39, 0.29) is 43.9 Å². The average Bonchev–Trinajstić information content (AvgIpc) is 3.98. The first-order valence-electron chi connectivity index (χ1n) is 17.4. The minimum Gasteiger partial charge on any atom is -0.472 e. The number of amides is 4. The Kier molecular flexibility index (Phi) is 10.9. The molecule has 52 heavy (non-hydrogen) atoms. The third kappa shape index (κ3) is 8.30. The first kappa shape index (κ1) is 38.4. The van der Waals surface area contributed by atoms with Gasteiger partial charge in [0, 0.05) is 35.9 Å². The number of fused-ring (bicyclic) bond motifs is 1. The molecule has 14 nitrogen and oxygen atoms in total. The molecule has 1 aromatic heterocycles. The van der Waals surface area contributed by atoms with Crippen molar-refractivity contribution in [3.8, 4) is 5.88 Å². The van der Waals surface area contributed by atoms with Crippen LogP contribution in [0.4, 0.5) is 4.79 Å². The van der Waals surface area contributed by atoms with Gasteiger partial charge in [-0.1, -0.05) is 29.8 Å². The van der Waals surface area contributed by atoms with E-state index < -0.39 is 74.3 Å². The van der Waals surface area contributed by atoms with Crippen molar-refractivity contribution in [3.63, 3.8) is 0 Å². The Morgan fingerprint density at radius 3 is 2.44 bits per heavy atom. The van der Waals surface area contributed by atoms with Crippen LogP contribution in [0.25, 0.3) is 10.8 Å². The molecule has 2 saturated carbocycles. The number of nitrogens with one attached hydrogen (secondary N) is 2. The maximum absolute atomic E-state index is 14.7.